The number of hydrogen-bond donors (Lipinski definition) is 1. The van der Waals surface area contributed by atoms with Crippen molar-refractivity contribution >= 4 is 27.5 Å². The molecule has 1 N–H and O–H groups in total. The number of benzene rings is 2. The van der Waals surface area contributed by atoms with Gasteiger partial charge >= 0.3 is 12.2 Å². The summed E-state index contributed by atoms with van der Waals surface area (Å²) in [5.74, 6) is 1.95. The number of hydrogen-bond acceptors (Lipinski definition) is 10. The van der Waals surface area contributed by atoms with E-state index in [4.69, 9.17) is 26.1 Å². The SMILES string of the molecule is C#Cc1c(F)ccc2cccc(-c3nc4c5c(nc(OCC67CCCN6CCC7)nc5c3F)N3CCNCC3CCC4)c12.CC.COc1cc(C(F)(F)F)cnn1. The Kier molecular flexibility index (Phi) is 11.7. The van der Waals surface area contributed by atoms with Crippen molar-refractivity contribution < 1.29 is 31.4 Å². The van der Waals surface area contributed by atoms with Crippen molar-refractivity contribution in [3.63, 3.8) is 0 Å². The molecule has 9 rings (SSSR count). The average molecular weight is 789 g/mol. The van der Waals surface area contributed by atoms with E-state index in [9.17, 15) is 17.6 Å². The Labute approximate surface area is 328 Å². The summed E-state index contributed by atoms with van der Waals surface area (Å²) < 4.78 is 78.7. The minimum atomic E-state index is -4.40. The van der Waals surface area contributed by atoms with Gasteiger partial charge in [0, 0.05) is 42.7 Å². The van der Waals surface area contributed by atoms with Gasteiger partial charge in [0.1, 0.15) is 29.5 Å². The number of terminal acetylenes is 1. The molecule has 0 saturated carbocycles. The van der Waals surface area contributed by atoms with Crippen LogP contribution in [0, 0.1) is 24.0 Å². The van der Waals surface area contributed by atoms with Crippen LogP contribution < -0.4 is 19.7 Å². The minimum Gasteiger partial charge on any atom is -0.480 e. The summed E-state index contributed by atoms with van der Waals surface area (Å²) in [6, 6.07) is 9.68. The van der Waals surface area contributed by atoms with E-state index in [1.165, 1.54) is 13.2 Å². The van der Waals surface area contributed by atoms with Crippen LogP contribution in [-0.2, 0) is 12.6 Å². The number of nitrogens with one attached hydrogen (secondary N) is 1. The summed E-state index contributed by atoms with van der Waals surface area (Å²) in [5, 5.41) is 11.8. The van der Waals surface area contributed by atoms with Gasteiger partial charge in [-0.05, 0) is 69.5 Å². The maximum Gasteiger partial charge on any atom is 0.418 e. The topological polar surface area (TPSA) is 101 Å². The molecule has 0 aliphatic carbocycles. The molecule has 10 nitrogen and oxygen atoms in total. The first kappa shape index (κ1) is 40.0. The van der Waals surface area contributed by atoms with Gasteiger partial charge in [0.05, 0.1) is 41.1 Å². The molecule has 3 aromatic heterocycles. The van der Waals surface area contributed by atoms with Crippen LogP contribution in [0.25, 0.3) is 32.9 Å². The molecular formula is C42H45F5N8O2. The predicted molar refractivity (Wildman–Crippen MR) is 208 cm³/mol. The van der Waals surface area contributed by atoms with Crippen LogP contribution in [-0.4, -0.2) is 88.1 Å². The molecule has 5 aromatic rings. The molecule has 0 bridgehead atoms. The maximum atomic E-state index is 16.9. The van der Waals surface area contributed by atoms with Gasteiger partial charge < -0.3 is 19.7 Å². The number of alkyl halides is 3. The molecule has 1 unspecified atom stereocenters. The van der Waals surface area contributed by atoms with E-state index < -0.39 is 23.4 Å². The van der Waals surface area contributed by atoms with E-state index >= 15 is 4.39 Å². The summed E-state index contributed by atoms with van der Waals surface area (Å²) in [7, 11) is 1.23. The Balaban J connectivity index is 0.000000304. The summed E-state index contributed by atoms with van der Waals surface area (Å²) in [4.78, 5) is 19.5. The van der Waals surface area contributed by atoms with Crippen molar-refractivity contribution in [3.8, 4) is 35.5 Å². The maximum absolute atomic E-state index is 16.9. The highest BCUT2D eigenvalue weighted by molar-refractivity contribution is 6.02. The van der Waals surface area contributed by atoms with Crippen LogP contribution in [0.4, 0.5) is 27.8 Å². The fourth-order valence-corrected chi connectivity index (χ4v) is 8.59. The lowest BCUT2D eigenvalue weighted by Crippen LogP contribution is -2.52. The molecule has 3 saturated heterocycles. The number of aromatic nitrogens is 5. The van der Waals surface area contributed by atoms with Crippen molar-refractivity contribution in [2.24, 2.45) is 0 Å². The average Bonchev–Trinajstić information content (AvgIpc) is 3.82. The van der Waals surface area contributed by atoms with E-state index in [1.54, 1.807) is 12.1 Å². The first-order valence-corrected chi connectivity index (χ1v) is 19.5. The summed E-state index contributed by atoms with van der Waals surface area (Å²) in [6.07, 6.45) is 9.02. The number of halogens is 5. The zero-order valence-corrected chi connectivity index (χ0v) is 32.2. The fraction of sp³-hybridized carbons (Fsp3) is 0.452. The van der Waals surface area contributed by atoms with Crippen LogP contribution in [0.15, 0.2) is 42.6 Å². The normalized spacial score (nSPS) is 18.6. The fourth-order valence-electron chi connectivity index (χ4n) is 8.59. The number of aryl methyl sites for hydroxylation is 1. The Morgan fingerprint density at radius 2 is 1.79 bits per heavy atom. The van der Waals surface area contributed by atoms with Gasteiger partial charge in [0.25, 0.3) is 0 Å². The number of methoxy groups -OCH3 is 1. The quantitative estimate of drug-likeness (QED) is 0.141. The van der Waals surface area contributed by atoms with Crippen LogP contribution >= 0.6 is 0 Å². The zero-order valence-electron chi connectivity index (χ0n) is 32.2. The lowest BCUT2D eigenvalue weighted by Gasteiger charge is -2.39. The van der Waals surface area contributed by atoms with Crippen LogP contribution in [0.3, 0.4) is 0 Å². The highest BCUT2D eigenvalue weighted by Gasteiger charge is 2.45. The molecule has 300 valence electrons. The Hall–Kier alpha value is -5.20. The standard InChI is InChI=1S/C34H34F2N6O.C6H5F3N2O.C2H6/c1-2-23-25(35)12-11-21-7-3-9-24(27(21)23)30-29(36)31-28-26(38-30)10-4-8-22-19-37-15-18-42(22)32(28)40-33(39-31)43-20-34-13-5-16-41(34)17-6-14-34;1-12-5-2-4(3-10-11-5)6(7,8)9;1-2/h1,3,7,9,11-12,22,37H,4-6,8,10,13-20H2;2-3H,1H3;1-2H3. The van der Waals surface area contributed by atoms with Crippen molar-refractivity contribution in [2.45, 2.75) is 76.6 Å². The molecule has 7 heterocycles. The third kappa shape index (κ3) is 7.77. The third-order valence-corrected chi connectivity index (χ3v) is 11.2. The van der Waals surface area contributed by atoms with Gasteiger partial charge in [-0.3, -0.25) is 4.90 Å². The smallest absolute Gasteiger partial charge is 0.418 e. The molecule has 3 fully saturated rings. The van der Waals surface area contributed by atoms with Gasteiger partial charge in [-0.15, -0.1) is 11.5 Å². The summed E-state index contributed by atoms with van der Waals surface area (Å²) in [5.41, 5.74) is 0.766. The third-order valence-electron chi connectivity index (χ3n) is 11.2. The second-order valence-corrected chi connectivity index (χ2v) is 14.4. The molecule has 4 aliphatic heterocycles. The monoisotopic (exact) mass is 788 g/mol. The molecule has 4 aliphatic rings. The van der Waals surface area contributed by atoms with E-state index in [1.807, 2.05) is 26.0 Å². The van der Waals surface area contributed by atoms with Gasteiger partial charge in [-0.2, -0.15) is 28.2 Å². The van der Waals surface area contributed by atoms with E-state index in [0.717, 1.165) is 88.4 Å². The van der Waals surface area contributed by atoms with Crippen molar-refractivity contribution in [2.75, 3.05) is 51.3 Å². The van der Waals surface area contributed by atoms with Crippen molar-refractivity contribution in [1.82, 2.24) is 35.4 Å². The highest BCUT2D eigenvalue weighted by Crippen LogP contribution is 2.42. The van der Waals surface area contributed by atoms with Crippen molar-refractivity contribution in [1.29, 1.82) is 0 Å². The molecule has 57 heavy (non-hydrogen) atoms. The molecule has 15 heteroatoms. The number of piperazine rings is 1. The number of fused-ring (bicyclic) bond motifs is 4. The van der Waals surface area contributed by atoms with E-state index in [-0.39, 0.29) is 40.2 Å². The van der Waals surface area contributed by atoms with Gasteiger partial charge in [-0.1, -0.05) is 44.0 Å². The molecular weight excluding hydrogens is 744 g/mol. The Morgan fingerprint density at radius 1 is 1.00 bits per heavy atom. The second-order valence-electron chi connectivity index (χ2n) is 14.4. The van der Waals surface area contributed by atoms with Crippen LogP contribution in [0.1, 0.15) is 69.2 Å². The zero-order chi connectivity index (χ0) is 40.3. The predicted octanol–water partition coefficient (Wildman–Crippen LogP) is 7.76. The highest BCUT2D eigenvalue weighted by atomic mass is 19.4. The largest absolute Gasteiger partial charge is 0.480 e. The molecule has 0 amide bonds. The number of pyridine rings is 1. The Morgan fingerprint density at radius 3 is 2.53 bits per heavy atom. The number of ether oxygens (including phenoxy) is 2. The molecule has 0 spiro atoms. The van der Waals surface area contributed by atoms with Crippen LogP contribution in [0.2, 0.25) is 0 Å². The van der Waals surface area contributed by atoms with Gasteiger partial charge in [-0.25, -0.2) is 13.8 Å². The number of rotatable bonds is 5. The minimum absolute atomic E-state index is 0.00720. The molecule has 0 radical (unpaired) electrons. The van der Waals surface area contributed by atoms with Gasteiger partial charge in [0.2, 0.25) is 5.88 Å². The summed E-state index contributed by atoms with van der Waals surface area (Å²) in [6.45, 7) is 9.09. The van der Waals surface area contributed by atoms with Crippen LogP contribution in [0.5, 0.6) is 11.9 Å². The Bertz CT molecular complexity index is 2290. The number of anilines is 1. The van der Waals surface area contributed by atoms with E-state index in [0.29, 0.717) is 41.4 Å². The summed E-state index contributed by atoms with van der Waals surface area (Å²) >= 11 is 0. The number of nitrogens with zero attached hydrogens (tertiary/aromatic N) is 7. The lowest BCUT2D eigenvalue weighted by atomic mass is 9.94. The lowest BCUT2D eigenvalue weighted by molar-refractivity contribution is -0.138. The van der Waals surface area contributed by atoms with Crippen molar-refractivity contribution in [3.05, 3.63) is 71.1 Å². The second kappa shape index (κ2) is 16.7. The molecule has 2 aromatic carbocycles. The van der Waals surface area contributed by atoms with Gasteiger partial charge in [0.15, 0.2) is 5.82 Å². The molecule has 1 atom stereocenters. The first-order chi connectivity index (χ1) is 27.6. The first-order valence-electron chi connectivity index (χ1n) is 19.5. The van der Waals surface area contributed by atoms with E-state index in [2.05, 4.69) is 36.0 Å².